The smallest absolute Gasteiger partial charge is 0.414 e. The van der Waals surface area contributed by atoms with E-state index in [2.05, 4.69) is 20.9 Å². The van der Waals surface area contributed by atoms with Gasteiger partial charge in [0.15, 0.2) is 0 Å². The molecular formula is C25H28N4O7. The Morgan fingerprint density at radius 1 is 0.861 bits per heavy atom. The first-order valence-corrected chi connectivity index (χ1v) is 11.5. The molecule has 2 aromatic carbocycles. The predicted octanol–water partition coefficient (Wildman–Crippen LogP) is 2.56. The number of nitrogens with zero attached hydrogens (tertiary/aromatic N) is 1. The van der Waals surface area contributed by atoms with Crippen LogP contribution in [0, 0.1) is 5.92 Å². The quantitative estimate of drug-likeness (QED) is 0.170. The van der Waals surface area contributed by atoms with Crippen LogP contribution in [-0.4, -0.2) is 47.7 Å². The fourth-order valence-electron chi connectivity index (χ4n) is 3.44. The number of carbonyl (C=O) groups is 4. The van der Waals surface area contributed by atoms with E-state index in [-0.39, 0.29) is 31.6 Å². The molecule has 0 aromatic heterocycles. The molecule has 3 rings (SSSR count). The molecule has 1 saturated heterocycles. The van der Waals surface area contributed by atoms with Gasteiger partial charge < -0.3 is 19.9 Å². The van der Waals surface area contributed by atoms with Crippen LogP contribution in [-0.2, 0) is 32.3 Å². The maximum atomic E-state index is 12.2. The van der Waals surface area contributed by atoms with Crippen molar-refractivity contribution in [2.24, 2.45) is 10.9 Å². The number of benzene rings is 2. The molecule has 0 aliphatic carbocycles. The van der Waals surface area contributed by atoms with Gasteiger partial charge in [0.25, 0.3) is 0 Å². The molecule has 190 valence electrons. The second-order valence-electron chi connectivity index (χ2n) is 8.03. The van der Waals surface area contributed by atoms with Crippen molar-refractivity contribution in [3.63, 3.8) is 0 Å². The number of carboxylic acid groups (broad SMARTS) is 1. The Morgan fingerprint density at radius 2 is 1.39 bits per heavy atom. The number of guanidine groups is 1. The van der Waals surface area contributed by atoms with Crippen LogP contribution < -0.4 is 16.0 Å². The lowest BCUT2D eigenvalue weighted by molar-refractivity contribution is -0.153. The number of rotatable bonds is 10. The number of aliphatic carboxylic acids is 1. The standard InChI is InChI=1S/C25H28N4O7/c30-21-19(20(27-21)22(31)32)13-7-8-14-26-23(28-24(33)35-15-17-9-3-1-4-10-17)29-25(34)36-16-18-11-5-2-6-12-18/h1-6,9-12,19-20H,7-8,13-16H2,(H,27,30)(H,31,32)(H2,26,28,29,33,34)/t19-,20?/m1/s1. The van der Waals surface area contributed by atoms with Crippen molar-refractivity contribution >= 4 is 30.0 Å². The molecule has 0 bridgehead atoms. The monoisotopic (exact) mass is 496 g/mol. The van der Waals surface area contributed by atoms with Crippen LogP contribution in [0.25, 0.3) is 0 Å². The van der Waals surface area contributed by atoms with Crippen LogP contribution in [0.4, 0.5) is 9.59 Å². The van der Waals surface area contributed by atoms with Crippen molar-refractivity contribution in [2.45, 2.75) is 38.5 Å². The first-order valence-electron chi connectivity index (χ1n) is 11.5. The maximum absolute atomic E-state index is 12.2. The second kappa shape index (κ2) is 13.5. The summed E-state index contributed by atoms with van der Waals surface area (Å²) in [6.45, 7) is 0.276. The number of carboxylic acids is 1. The van der Waals surface area contributed by atoms with Crippen LogP contribution in [0.1, 0.15) is 30.4 Å². The van der Waals surface area contributed by atoms with E-state index in [1.54, 1.807) is 24.3 Å². The summed E-state index contributed by atoms with van der Waals surface area (Å²) >= 11 is 0. The maximum Gasteiger partial charge on any atom is 0.414 e. The number of hydrogen-bond donors (Lipinski definition) is 4. The van der Waals surface area contributed by atoms with E-state index >= 15 is 0 Å². The number of aliphatic imine (C=N–C) groups is 1. The molecule has 36 heavy (non-hydrogen) atoms. The summed E-state index contributed by atoms with van der Waals surface area (Å²) in [6.07, 6.45) is -0.184. The molecule has 1 unspecified atom stereocenters. The largest absolute Gasteiger partial charge is 0.480 e. The Labute approximate surface area is 207 Å². The summed E-state index contributed by atoms with van der Waals surface area (Å²) in [7, 11) is 0. The minimum absolute atomic E-state index is 0.0343. The topological polar surface area (TPSA) is 155 Å². The lowest BCUT2D eigenvalue weighted by Crippen LogP contribution is -2.61. The molecule has 1 aliphatic rings. The van der Waals surface area contributed by atoms with Crippen molar-refractivity contribution in [1.82, 2.24) is 16.0 Å². The van der Waals surface area contributed by atoms with Crippen molar-refractivity contribution in [3.05, 3.63) is 71.8 Å². The van der Waals surface area contributed by atoms with Crippen molar-refractivity contribution in [1.29, 1.82) is 0 Å². The zero-order chi connectivity index (χ0) is 25.8. The Bertz CT molecular complexity index is 1020. The van der Waals surface area contributed by atoms with Crippen molar-refractivity contribution in [2.75, 3.05) is 6.54 Å². The summed E-state index contributed by atoms with van der Waals surface area (Å²) in [5.74, 6) is -2.05. The number of carbonyl (C=O) groups excluding carboxylic acids is 3. The third kappa shape index (κ3) is 8.42. The third-order valence-electron chi connectivity index (χ3n) is 5.36. The molecule has 11 nitrogen and oxygen atoms in total. The van der Waals surface area contributed by atoms with Crippen LogP contribution in [0.3, 0.4) is 0 Å². The van der Waals surface area contributed by atoms with Crippen LogP contribution in [0.5, 0.6) is 0 Å². The lowest BCUT2D eigenvalue weighted by atomic mass is 9.86. The Kier molecular flexibility index (Phi) is 9.80. The average Bonchev–Trinajstić information content (AvgIpc) is 2.87. The Balaban J connectivity index is 1.50. The molecule has 0 radical (unpaired) electrons. The highest BCUT2D eigenvalue weighted by molar-refractivity contribution is 6.01. The SMILES string of the molecule is O=C(NC(=NCCCC[C@H]1C(=O)NC1C(=O)O)NC(=O)OCc1ccccc1)OCc1ccccc1. The van der Waals surface area contributed by atoms with Crippen LogP contribution in [0.2, 0.25) is 0 Å². The summed E-state index contributed by atoms with van der Waals surface area (Å²) in [5, 5.41) is 16.2. The van der Waals surface area contributed by atoms with E-state index in [0.717, 1.165) is 11.1 Å². The number of hydrogen-bond acceptors (Lipinski definition) is 7. The second-order valence-corrected chi connectivity index (χ2v) is 8.03. The average molecular weight is 497 g/mol. The molecule has 3 amide bonds. The van der Waals surface area contributed by atoms with Gasteiger partial charge in [-0.2, -0.15) is 0 Å². The van der Waals surface area contributed by atoms with Gasteiger partial charge in [0.2, 0.25) is 11.9 Å². The van der Waals surface area contributed by atoms with Gasteiger partial charge in [-0.3, -0.25) is 20.4 Å². The number of ether oxygens (including phenoxy) is 2. The summed E-state index contributed by atoms with van der Waals surface area (Å²) in [6, 6.07) is 17.3. The summed E-state index contributed by atoms with van der Waals surface area (Å²) < 4.78 is 10.3. The number of alkyl carbamates (subject to hydrolysis) is 2. The summed E-state index contributed by atoms with van der Waals surface area (Å²) in [4.78, 5) is 51.3. The van der Waals surface area contributed by atoms with E-state index in [9.17, 15) is 19.2 Å². The van der Waals surface area contributed by atoms with E-state index in [4.69, 9.17) is 14.6 Å². The van der Waals surface area contributed by atoms with Crippen molar-refractivity contribution in [3.8, 4) is 0 Å². The van der Waals surface area contributed by atoms with Gasteiger partial charge in [-0.15, -0.1) is 0 Å². The molecule has 1 heterocycles. The highest BCUT2D eigenvalue weighted by Crippen LogP contribution is 2.21. The zero-order valence-corrected chi connectivity index (χ0v) is 19.5. The van der Waals surface area contributed by atoms with E-state index < -0.39 is 30.1 Å². The van der Waals surface area contributed by atoms with Gasteiger partial charge in [0, 0.05) is 6.54 Å². The van der Waals surface area contributed by atoms with Crippen LogP contribution in [0.15, 0.2) is 65.7 Å². The molecule has 2 aromatic rings. The normalized spacial score (nSPS) is 16.1. The molecule has 2 atom stereocenters. The highest BCUT2D eigenvalue weighted by Gasteiger charge is 2.43. The Hall–Kier alpha value is -4.41. The third-order valence-corrected chi connectivity index (χ3v) is 5.36. The van der Waals surface area contributed by atoms with Gasteiger partial charge in [0.1, 0.15) is 19.3 Å². The predicted molar refractivity (Wildman–Crippen MR) is 129 cm³/mol. The molecule has 11 heteroatoms. The first kappa shape index (κ1) is 26.2. The molecule has 4 N–H and O–H groups in total. The number of β-lactam (4-membered cyclic amide) rings is 1. The molecule has 1 aliphatic heterocycles. The highest BCUT2D eigenvalue weighted by atomic mass is 16.6. The van der Waals surface area contributed by atoms with Crippen LogP contribution >= 0.6 is 0 Å². The van der Waals surface area contributed by atoms with Gasteiger partial charge >= 0.3 is 18.2 Å². The fraction of sp³-hybridized carbons (Fsp3) is 0.320. The molecule has 1 fully saturated rings. The van der Waals surface area contributed by atoms with E-state index in [0.29, 0.717) is 19.3 Å². The minimum Gasteiger partial charge on any atom is -0.480 e. The van der Waals surface area contributed by atoms with Gasteiger partial charge in [-0.1, -0.05) is 67.1 Å². The van der Waals surface area contributed by atoms with Crippen molar-refractivity contribution < 1.29 is 33.8 Å². The zero-order valence-electron chi connectivity index (χ0n) is 19.5. The first-order chi connectivity index (χ1) is 17.4. The van der Waals surface area contributed by atoms with Gasteiger partial charge in [-0.05, 0) is 24.0 Å². The number of unbranched alkanes of at least 4 members (excludes halogenated alkanes) is 1. The lowest BCUT2D eigenvalue weighted by Gasteiger charge is -2.33. The number of amides is 3. The van der Waals surface area contributed by atoms with Gasteiger partial charge in [0.05, 0.1) is 5.92 Å². The fourth-order valence-corrected chi connectivity index (χ4v) is 3.44. The van der Waals surface area contributed by atoms with Gasteiger partial charge in [-0.25, -0.2) is 14.4 Å². The molecule has 0 saturated carbocycles. The molecule has 0 spiro atoms. The van der Waals surface area contributed by atoms with E-state index in [1.807, 2.05) is 36.4 Å². The summed E-state index contributed by atoms with van der Waals surface area (Å²) in [5.41, 5.74) is 1.59. The Morgan fingerprint density at radius 3 is 1.86 bits per heavy atom. The molecular weight excluding hydrogens is 468 g/mol. The number of nitrogens with one attached hydrogen (secondary N) is 3. The minimum atomic E-state index is -1.06. The van der Waals surface area contributed by atoms with E-state index in [1.165, 1.54) is 0 Å².